The lowest BCUT2D eigenvalue weighted by molar-refractivity contribution is -0.138. The van der Waals surface area contributed by atoms with Crippen molar-refractivity contribution in [2.24, 2.45) is 0 Å². The summed E-state index contributed by atoms with van der Waals surface area (Å²) in [4.78, 5) is 25.1. The van der Waals surface area contributed by atoms with E-state index >= 15 is 0 Å². The summed E-state index contributed by atoms with van der Waals surface area (Å²) in [5, 5.41) is 10.0. The molecule has 2 amide bonds. The van der Waals surface area contributed by atoms with Gasteiger partial charge in [-0.15, -0.1) is 6.58 Å². The standard InChI is InChI=1S/C19H20F3NO4/c1-2-6-14(19(20,21)22)9-10-16(24)17(25)23-15(12-27-18(23)26)11-13-7-4-3-5-8-13/h2-5,7-9,15-16,24H,1,6,10-12H2/t15-,16+/m1/s1. The monoisotopic (exact) mass is 383 g/mol. The number of nitrogens with zero attached hydrogens (tertiary/aromatic N) is 1. The maximum atomic E-state index is 12.9. The molecule has 0 unspecified atom stereocenters. The summed E-state index contributed by atoms with van der Waals surface area (Å²) in [6.45, 7) is 3.22. The second kappa shape index (κ2) is 8.85. The Morgan fingerprint density at radius 1 is 1.37 bits per heavy atom. The van der Waals surface area contributed by atoms with Crippen LogP contribution in [0.25, 0.3) is 0 Å². The SMILES string of the molecule is C=CCC(=CC[C@H](O)C(=O)N1C(=O)OC[C@H]1Cc1ccccc1)C(F)(F)F. The second-order valence-electron chi connectivity index (χ2n) is 6.10. The van der Waals surface area contributed by atoms with E-state index in [-0.39, 0.29) is 6.61 Å². The first kappa shape index (κ1) is 20.7. The molecule has 0 aromatic heterocycles. The molecule has 5 nitrogen and oxygen atoms in total. The van der Waals surface area contributed by atoms with Crippen LogP contribution in [-0.4, -0.2) is 46.9 Å². The molecular weight excluding hydrogens is 363 g/mol. The number of imide groups is 1. The number of rotatable bonds is 7. The van der Waals surface area contributed by atoms with E-state index in [0.29, 0.717) is 6.42 Å². The van der Waals surface area contributed by atoms with Crippen molar-refractivity contribution in [2.75, 3.05) is 6.61 Å². The summed E-state index contributed by atoms with van der Waals surface area (Å²) in [6.07, 6.45) is -6.12. The van der Waals surface area contributed by atoms with E-state index in [1.165, 1.54) is 0 Å². The Balaban J connectivity index is 2.08. The van der Waals surface area contributed by atoms with Crippen molar-refractivity contribution in [3.63, 3.8) is 0 Å². The number of amides is 2. The Morgan fingerprint density at radius 2 is 2.04 bits per heavy atom. The van der Waals surface area contributed by atoms with Crippen LogP contribution in [0.5, 0.6) is 0 Å². The van der Waals surface area contributed by atoms with Gasteiger partial charge in [0.05, 0.1) is 6.04 Å². The summed E-state index contributed by atoms with van der Waals surface area (Å²) in [5.41, 5.74) is -0.0486. The van der Waals surface area contributed by atoms with Crippen LogP contribution >= 0.6 is 0 Å². The number of benzene rings is 1. The minimum absolute atomic E-state index is 0.0354. The number of carbonyl (C=O) groups is 2. The highest BCUT2D eigenvalue weighted by molar-refractivity contribution is 5.95. The van der Waals surface area contributed by atoms with Crippen LogP contribution in [-0.2, 0) is 16.0 Å². The molecule has 1 N–H and O–H groups in total. The molecule has 0 radical (unpaired) electrons. The molecule has 0 aliphatic carbocycles. The van der Waals surface area contributed by atoms with Gasteiger partial charge in [0.25, 0.3) is 5.91 Å². The Bertz CT molecular complexity index is 715. The van der Waals surface area contributed by atoms with E-state index in [1.54, 1.807) is 12.1 Å². The van der Waals surface area contributed by atoms with Gasteiger partial charge in [0.15, 0.2) is 0 Å². The van der Waals surface area contributed by atoms with Gasteiger partial charge >= 0.3 is 12.3 Å². The van der Waals surface area contributed by atoms with Crippen molar-refractivity contribution in [2.45, 2.75) is 37.6 Å². The maximum Gasteiger partial charge on any atom is 0.417 e. The zero-order valence-electron chi connectivity index (χ0n) is 14.5. The molecule has 1 aliphatic rings. The van der Waals surface area contributed by atoms with Crippen molar-refractivity contribution >= 4 is 12.0 Å². The smallest absolute Gasteiger partial charge is 0.417 e. The molecule has 1 aromatic carbocycles. The fourth-order valence-electron chi connectivity index (χ4n) is 2.75. The number of aliphatic hydroxyl groups is 1. The summed E-state index contributed by atoms with van der Waals surface area (Å²) in [6, 6.07) is 8.43. The average Bonchev–Trinajstić information content (AvgIpc) is 2.97. The van der Waals surface area contributed by atoms with Crippen LogP contribution in [0.15, 0.2) is 54.6 Å². The predicted octanol–water partition coefficient (Wildman–Crippen LogP) is 3.39. The minimum Gasteiger partial charge on any atom is -0.447 e. The number of hydrogen-bond acceptors (Lipinski definition) is 4. The van der Waals surface area contributed by atoms with Gasteiger partial charge in [0, 0.05) is 12.0 Å². The van der Waals surface area contributed by atoms with Crippen molar-refractivity contribution < 1.29 is 32.6 Å². The fourth-order valence-corrected chi connectivity index (χ4v) is 2.75. The van der Waals surface area contributed by atoms with Crippen molar-refractivity contribution in [1.29, 1.82) is 0 Å². The van der Waals surface area contributed by atoms with Gasteiger partial charge in [0.1, 0.15) is 12.7 Å². The number of allylic oxidation sites excluding steroid dienone is 2. The lowest BCUT2D eigenvalue weighted by Crippen LogP contribution is -2.45. The predicted molar refractivity (Wildman–Crippen MR) is 91.7 cm³/mol. The zero-order valence-corrected chi connectivity index (χ0v) is 14.5. The van der Waals surface area contributed by atoms with Crippen LogP contribution in [0.2, 0.25) is 0 Å². The first-order valence-corrected chi connectivity index (χ1v) is 8.33. The number of hydrogen-bond donors (Lipinski definition) is 1. The van der Waals surface area contributed by atoms with Gasteiger partial charge in [-0.25, -0.2) is 9.69 Å². The van der Waals surface area contributed by atoms with Gasteiger partial charge in [0.2, 0.25) is 0 Å². The fraction of sp³-hybridized carbons (Fsp3) is 0.368. The van der Waals surface area contributed by atoms with Crippen molar-refractivity contribution in [3.8, 4) is 0 Å². The molecule has 0 bridgehead atoms. The lowest BCUT2D eigenvalue weighted by atomic mass is 10.0. The van der Waals surface area contributed by atoms with Crippen molar-refractivity contribution in [1.82, 2.24) is 4.90 Å². The van der Waals surface area contributed by atoms with Gasteiger partial charge in [-0.2, -0.15) is 13.2 Å². The molecule has 2 rings (SSSR count). The first-order chi connectivity index (χ1) is 12.7. The van der Waals surface area contributed by atoms with Crippen LogP contribution in [0.3, 0.4) is 0 Å². The van der Waals surface area contributed by atoms with E-state index in [4.69, 9.17) is 4.74 Å². The maximum absolute atomic E-state index is 12.9. The van der Waals surface area contributed by atoms with E-state index < -0.39 is 48.7 Å². The zero-order chi connectivity index (χ0) is 20.0. The third-order valence-corrected chi connectivity index (χ3v) is 4.11. The van der Waals surface area contributed by atoms with E-state index in [1.807, 2.05) is 18.2 Å². The molecular formula is C19H20F3NO4. The summed E-state index contributed by atoms with van der Waals surface area (Å²) >= 11 is 0. The molecule has 146 valence electrons. The van der Waals surface area contributed by atoms with E-state index in [2.05, 4.69) is 6.58 Å². The number of carbonyl (C=O) groups excluding carboxylic acids is 2. The normalized spacial score (nSPS) is 19.0. The molecule has 0 spiro atoms. The molecule has 27 heavy (non-hydrogen) atoms. The third-order valence-electron chi connectivity index (χ3n) is 4.11. The Labute approximate surface area is 154 Å². The number of ether oxygens (including phenoxy) is 1. The quantitative estimate of drug-likeness (QED) is 0.733. The highest BCUT2D eigenvalue weighted by Crippen LogP contribution is 2.29. The van der Waals surface area contributed by atoms with Crippen LogP contribution in [0.1, 0.15) is 18.4 Å². The van der Waals surface area contributed by atoms with Gasteiger partial charge < -0.3 is 9.84 Å². The molecule has 1 saturated heterocycles. The van der Waals surface area contributed by atoms with Crippen molar-refractivity contribution in [3.05, 3.63) is 60.2 Å². The number of halogens is 3. The molecule has 1 fully saturated rings. The third kappa shape index (κ3) is 5.43. The molecule has 1 heterocycles. The van der Waals surface area contributed by atoms with E-state index in [9.17, 15) is 27.9 Å². The molecule has 1 aromatic rings. The molecule has 0 saturated carbocycles. The Morgan fingerprint density at radius 3 is 2.63 bits per heavy atom. The lowest BCUT2D eigenvalue weighted by Gasteiger charge is -2.22. The second-order valence-corrected chi connectivity index (χ2v) is 6.10. The molecule has 1 aliphatic heterocycles. The van der Waals surface area contributed by atoms with Gasteiger partial charge in [-0.3, -0.25) is 4.79 Å². The number of aliphatic hydroxyl groups excluding tert-OH is 1. The minimum atomic E-state index is -4.58. The number of alkyl halides is 3. The Kier molecular flexibility index (Phi) is 6.79. The van der Waals surface area contributed by atoms with Crippen LogP contribution < -0.4 is 0 Å². The average molecular weight is 383 g/mol. The Hall–Kier alpha value is -2.61. The highest BCUT2D eigenvalue weighted by atomic mass is 19.4. The largest absolute Gasteiger partial charge is 0.447 e. The number of cyclic esters (lactones) is 1. The summed E-state index contributed by atoms with van der Waals surface area (Å²) in [7, 11) is 0. The van der Waals surface area contributed by atoms with E-state index in [0.717, 1.165) is 22.6 Å². The van der Waals surface area contributed by atoms with Crippen LogP contribution in [0, 0.1) is 0 Å². The topological polar surface area (TPSA) is 66.8 Å². The highest BCUT2D eigenvalue weighted by Gasteiger charge is 2.40. The molecule has 2 atom stereocenters. The summed E-state index contributed by atoms with van der Waals surface area (Å²) < 4.78 is 43.5. The summed E-state index contributed by atoms with van der Waals surface area (Å²) in [5.74, 6) is -0.977. The van der Waals surface area contributed by atoms with Gasteiger partial charge in [-0.05, 0) is 18.4 Å². The van der Waals surface area contributed by atoms with Crippen LogP contribution in [0.4, 0.5) is 18.0 Å². The first-order valence-electron chi connectivity index (χ1n) is 8.33. The molecule has 8 heteroatoms. The van der Waals surface area contributed by atoms with Gasteiger partial charge in [-0.1, -0.05) is 42.5 Å².